The number of unbranched alkanes of at least 4 members (excludes halogenated alkanes) is 15. The van der Waals surface area contributed by atoms with Gasteiger partial charge < -0.3 is 20.2 Å². The number of hydrogen-bond donors (Lipinski definition) is 4. The lowest BCUT2D eigenvalue weighted by atomic mass is 10.0. The van der Waals surface area contributed by atoms with Crippen LogP contribution in [0.5, 0.6) is 0 Å². The quantitative estimate of drug-likeness (QED) is 0.0449. The molecule has 222 valence electrons. The molecule has 0 amide bonds. The Morgan fingerprint density at radius 1 is 0.763 bits per heavy atom. The number of nitrogens with one attached hydrogen (secondary N) is 1. The average molecular weight is 542 g/mol. The predicted molar refractivity (Wildman–Crippen MR) is 154 cm³/mol. The monoisotopic (exact) mass is 541 g/mol. The molecule has 0 bridgehead atoms. The van der Waals surface area contributed by atoms with Crippen molar-refractivity contribution in [2.45, 2.75) is 123 Å². The first kappa shape index (κ1) is 40.1. The fourth-order valence-electron chi connectivity index (χ4n) is 3.23. The van der Waals surface area contributed by atoms with E-state index in [9.17, 15) is 14.4 Å². The number of carboxylic acids is 2. The highest BCUT2D eigenvalue weighted by atomic mass is 16.5. The number of carbonyl (C=O) groups excluding carboxylic acids is 1. The maximum Gasteiger partial charge on any atom is 0.333 e. The molecule has 0 aliphatic rings. The van der Waals surface area contributed by atoms with Gasteiger partial charge >= 0.3 is 17.9 Å². The highest BCUT2D eigenvalue weighted by Gasteiger charge is 2.07. The molecule has 4 N–H and O–H groups in total. The maximum absolute atomic E-state index is 11.6. The van der Waals surface area contributed by atoms with Crippen LogP contribution in [0.1, 0.15) is 123 Å². The average Bonchev–Trinajstić information content (AvgIpc) is 2.89. The molecular weight excluding hydrogens is 486 g/mol. The van der Waals surface area contributed by atoms with Crippen LogP contribution in [0.15, 0.2) is 37.0 Å². The van der Waals surface area contributed by atoms with Crippen molar-refractivity contribution in [1.82, 2.24) is 5.48 Å². The van der Waals surface area contributed by atoms with E-state index >= 15 is 0 Å². The zero-order valence-electron chi connectivity index (χ0n) is 24.1. The summed E-state index contributed by atoms with van der Waals surface area (Å²) < 4.78 is 5.17. The van der Waals surface area contributed by atoms with E-state index in [0.29, 0.717) is 25.1 Å². The third-order valence-electron chi connectivity index (χ3n) is 5.60. The number of esters is 1. The van der Waals surface area contributed by atoms with E-state index in [1.807, 2.05) is 5.48 Å². The van der Waals surface area contributed by atoms with Gasteiger partial charge in [-0.05, 0) is 19.8 Å². The molecule has 0 fully saturated rings. The van der Waals surface area contributed by atoms with Gasteiger partial charge in [0, 0.05) is 23.8 Å². The van der Waals surface area contributed by atoms with Gasteiger partial charge in [-0.3, -0.25) is 0 Å². The molecule has 0 spiro atoms. The molecule has 0 aromatic carbocycles. The first-order chi connectivity index (χ1) is 18.1. The second-order valence-electron chi connectivity index (χ2n) is 9.33. The predicted octanol–water partition coefficient (Wildman–Crippen LogP) is 7.62. The van der Waals surface area contributed by atoms with Crippen LogP contribution in [-0.4, -0.2) is 46.5 Å². The van der Waals surface area contributed by atoms with Gasteiger partial charge in [0.2, 0.25) is 0 Å². The molecule has 0 aromatic heterocycles. The van der Waals surface area contributed by atoms with Gasteiger partial charge in [0.1, 0.15) is 0 Å². The fourth-order valence-corrected chi connectivity index (χ4v) is 3.23. The van der Waals surface area contributed by atoms with Crippen molar-refractivity contribution in [1.29, 1.82) is 0 Å². The standard InChI is InChI=1S/C23H45NO3.C4H6O2.C3H4O2/c1-3-4-5-6-7-8-9-10-11-12-13-14-15-16-17-18-21-27-23(25)22(2)19-20-24-26;1-3(2)4(5)6;1-2-3(4)5/h24,26H,2-21H2,1H3;1H2,2H3,(H,5,6);2H,1H2,(H,4,5). The van der Waals surface area contributed by atoms with Gasteiger partial charge in [-0.2, -0.15) is 0 Å². The topological polar surface area (TPSA) is 133 Å². The summed E-state index contributed by atoms with van der Waals surface area (Å²) >= 11 is 0. The number of rotatable bonds is 23. The molecule has 0 aliphatic carbocycles. The van der Waals surface area contributed by atoms with Crippen molar-refractivity contribution in [3.63, 3.8) is 0 Å². The van der Waals surface area contributed by atoms with Crippen LogP contribution in [0.3, 0.4) is 0 Å². The zero-order chi connectivity index (χ0) is 29.4. The molecular formula is C30H55NO7. The molecule has 38 heavy (non-hydrogen) atoms. The molecule has 0 saturated carbocycles. The Morgan fingerprint density at radius 3 is 1.39 bits per heavy atom. The Bertz CT molecular complexity index is 620. The molecule has 0 aliphatic heterocycles. The van der Waals surface area contributed by atoms with Crippen LogP contribution in [0.4, 0.5) is 0 Å². The Labute approximate surface area is 231 Å². The Kier molecular flexibility index (Phi) is 34.3. The molecule has 0 rings (SSSR count). The van der Waals surface area contributed by atoms with Crippen molar-refractivity contribution < 1.29 is 34.5 Å². The highest BCUT2D eigenvalue weighted by Crippen LogP contribution is 2.13. The first-order valence-corrected chi connectivity index (χ1v) is 14.1. The number of aliphatic carboxylic acids is 2. The van der Waals surface area contributed by atoms with Gasteiger partial charge in [0.15, 0.2) is 0 Å². The normalized spacial score (nSPS) is 9.76. The van der Waals surface area contributed by atoms with Gasteiger partial charge in [-0.25, -0.2) is 19.9 Å². The van der Waals surface area contributed by atoms with Crippen LogP contribution >= 0.6 is 0 Å². The lowest BCUT2D eigenvalue weighted by Gasteiger charge is -2.07. The minimum Gasteiger partial charge on any atom is -0.478 e. The number of hydrogen-bond acceptors (Lipinski definition) is 6. The Morgan fingerprint density at radius 2 is 1.11 bits per heavy atom. The number of hydroxylamine groups is 1. The molecule has 0 aromatic rings. The lowest BCUT2D eigenvalue weighted by molar-refractivity contribution is -0.139. The smallest absolute Gasteiger partial charge is 0.333 e. The van der Waals surface area contributed by atoms with Crippen LogP contribution in [0, 0.1) is 0 Å². The third kappa shape index (κ3) is 38.1. The van der Waals surface area contributed by atoms with Gasteiger partial charge in [-0.15, -0.1) is 0 Å². The lowest BCUT2D eigenvalue weighted by Crippen LogP contribution is -2.14. The van der Waals surface area contributed by atoms with Gasteiger partial charge in [-0.1, -0.05) is 123 Å². The van der Waals surface area contributed by atoms with E-state index in [0.717, 1.165) is 18.9 Å². The van der Waals surface area contributed by atoms with Crippen LogP contribution in [0.2, 0.25) is 0 Å². The summed E-state index contributed by atoms with van der Waals surface area (Å²) in [6.45, 7) is 14.3. The molecule has 0 atom stereocenters. The molecule has 0 saturated heterocycles. The maximum atomic E-state index is 11.6. The van der Waals surface area contributed by atoms with Crippen molar-refractivity contribution in [3.05, 3.63) is 37.0 Å². The molecule has 0 heterocycles. The van der Waals surface area contributed by atoms with Crippen molar-refractivity contribution in [2.24, 2.45) is 0 Å². The summed E-state index contributed by atoms with van der Waals surface area (Å²) in [7, 11) is 0. The van der Waals surface area contributed by atoms with E-state index in [4.69, 9.17) is 20.2 Å². The number of ether oxygens (including phenoxy) is 1. The van der Waals surface area contributed by atoms with Crippen molar-refractivity contribution in [3.8, 4) is 0 Å². The van der Waals surface area contributed by atoms with Crippen LogP contribution in [0.25, 0.3) is 0 Å². The second kappa shape index (κ2) is 32.6. The van der Waals surface area contributed by atoms with E-state index in [-0.39, 0.29) is 11.5 Å². The van der Waals surface area contributed by atoms with E-state index < -0.39 is 11.9 Å². The summed E-state index contributed by atoms with van der Waals surface area (Å²) in [5.74, 6) is -2.26. The Hall–Kier alpha value is -2.45. The van der Waals surface area contributed by atoms with E-state index in [1.165, 1.54) is 96.8 Å². The highest BCUT2D eigenvalue weighted by molar-refractivity contribution is 5.87. The van der Waals surface area contributed by atoms with Crippen molar-refractivity contribution in [2.75, 3.05) is 13.2 Å². The zero-order valence-corrected chi connectivity index (χ0v) is 24.1. The summed E-state index contributed by atoms with van der Waals surface area (Å²) in [5, 5.41) is 24.0. The third-order valence-corrected chi connectivity index (χ3v) is 5.60. The fraction of sp³-hybridized carbons (Fsp3) is 0.700. The van der Waals surface area contributed by atoms with Gasteiger partial charge in [0.05, 0.1) is 6.61 Å². The molecule has 8 nitrogen and oxygen atoms in total. The van der Waals surface area contributed by atoms with E-state index in [2.05, 4.69) is 26.7 Å². The van der Waals surface area contributed by atoms with Crippen LogP contribution < -0.4 is 5.48 Å². The second-order valence-corrected chi connectivity index (χ2v) is 9.33. The SMILES string of the molecule is C=C(C)C(=O)O.C=C(CCNO)C(=O)OCCCCCCCCCCCCCCCCCC.C=CC(=O)O. The van der Waals surface area contributed by atoms with E-state index in [1.54, 1.807) is 0 Å². The molecule has 8 heteroatoms. The first-order valence-electron chi connectivity index (χ1n) is 14.1. The molecule has 0 radical (unpaired) electrons. The summed E-state index contributed by atoms with van der Waals surface area (Å²) in [6, 6.07) is 0. The minimum absolute atomic E-state index is 0.176. The van der Waals surface area contributed by atoms with Crippen LogP contribution in [-0.2, 0) is 19.1 Å². The summed E-state index contributed by atoms with van der Waals surface area (Å²) in [6.07, 6.45) is 22.6. The minimum atomic E-state index is -0.981. The summed E-state index contributed by atoms with van der Waals surface area (Å²) in [4.78, 5) is 30.4. The van der Waals surface area contributed by atoms with Gasteiger partial charge in [0.25, 0.3) is 0 Å². The number of carboxylic acid groups (broad SMARTS) is 2. The number of carbonyl (C=O) groups is 3. The Balaban J connectivity index is -0.000000924. The van der Waals surface area contributed by atoms with Crippen molar-refractivity contribution >= 4 is 17.9 Å². The summed E-state index contributed by atoms with van der Waals surface area (Å²) in [5.41, 5.74) is 2.60. The largest absolute Gasteiger partial charge is 0.478 e. The molecule has 0 unspecified atom stereocenters.